The molecule has 1 aliphatic rings. The molecule has 1 N–H and O–H groups in total. The Hall–Kier alpha value is -3.60. The summed E-state index contributed by atoms with van der Waals surface area (Å²) in [6.07, 6.45) is -4.75. The number of hydrogen-bond acceptors (Lipinski definition) is 5. The number of ether oxygens (including phenoxy) is 2. The van der Waals surface area contributed by atoms with Gasteiger partial charge in [-0.05, 0) is 60.5 Å². The fourth-order valence-electron chi connectivity index (χ4n) is 4.43. The van der Waals surface area contributed by atoms with Crippen molar-refractivity contribution in [3.05, 3.63) is 100 Å². The average molecular weight is 590 g/mol. The largest absolute Gasteiger partial charge is 0.462 e. The number of esters is 1. The molecule has 7 nitrogen and oxygen atoms in total. The van der Waals surface area contributed by atoms with Crippen molar-refractivity contribution in [1.29, 1.82) is 0 Å². The van der Waals surface area contributed by atoms with Gasteiger partial charge < -0.3 is 19.7 Å². The summed E-state index contributed by atoms with van der Waals surface area (Å²) >= 11 is 6.07. The van der Waals surface area contributed by atoms with Crippen LogP contribution in [0.2, 0.25) is 5.02 Å². The van der Waals surface area contributed by atoms with E-state index in [0.29, 0.717) is 54.6 Å². The van der Waals surface area contributed by atoms with Crippen LogP contribution in [0.3, 0.4) is 0 Å². The first-order valence-corrected chi connectivity index (χ1v) is 13.6. The monoisotopic (exact) mass is 589 g/mol. The van der Waals surface area contributed by atoms with Gasteiger partial charge in [0.05, 0.1) is 30.4 Å². The number of rotatable bonds is 9. The van der Waals surface area contributed by atoms with Crippen LogP contribution < -0.4 is 5.32 Å². The number of alkyl halides is 3. The van der Waals surface area contributed by atoms with Gasteiger partial charge in [0.1, 0.15) is 0 Å². The Morgan fingerprint density at radius 2 is 1.66 bits per heavy atom. The molecular formula is C30H31ClF3N3O4. The van der Waals surface area contributed by atoms with E-state index in [0.717, 1.165) is 17.7 Å². The van der Waals surface area contributed by atoms with Crippen LogP contribution in [0.5, 0.6) is 0 Å². The molecule has 3 aromatic carbocycles. The molecule has 3 aromatic rings. The van der Waals surface area contributed by atoms with E-state index in [1.807, 2.05) is 12.1 Å². The first-order chi connectivity index (χ1) is 19.6. The second-order valence-electron chi connectivity index (χ2n) is 9.56. The Bertz CT molecular complexity index is 1310. The van der Waals surface area contributed by atoms with Crippen LogP contribution in [0, 0.1) is 0 Å². The SMILES string of the molecule is CCOC(=O)c1cccc(NC(=O)N2CCN(CC(OCc3ccc(C(F)(F)F)cc3)c3ccc(Cl)cc3)CC2)c1. The Kier molecular flexibility index (Phi) is 10.3. The minimum atomic E-state index is -4.39. The van der Waals surface area contributed by atoms with E-state index >= 15 is 0 Å². The second-order valence-corrected chi connectivity index (χ2v) is 10.0. The molecule has 218 valence electrons. The van der Waals surface area contributed by atoms with E-state index in [-0.39, 0.29) is 25.3 Å². The molecule has 1 heterocycles. The smallest absolute Gasteiger partial charge is 0.416 e. The van der Waals surface area contributed by atoms with Crippen molar-refractivity contribution in [2.75, 3.05) is 44.6 Å². The van der Waals surface area contributed by atoms with Crippen LogP contribution in [-0.2, 0) is 22.3 Å². The van der Waals surface area contributed by atoms with Gasteiger partial charge in [0, 0.05) is 43.4 Å². The zero-order chi connectivity index (χ0) is 29.4. The number of benzene rings is 3. The van der Waals surface area contributed by atoms with E-state index in [9.17, 15) is 22.8 Å². The fraction of sp³-hybridized carbons (Fsp3) is 0.333. The number of nitrogens with zero attached hydrogens (tertiary/aromatic N) is 2. The van der Waals surface area contributed by atoms with Crippen LogP contribution in [0.4, 0.5) is 23.7 Å². The van der Waals surface area contributed by atoms with Crippen molar-refractivity contribution >= 4 is 29.3 Å². The van der Waals surface area contributed by atoms with Crippen molar-refractivity contribution in [1.82, 2.24) is 9.80 Å². The standard InChI is InChI=1S/C30H31ClF3N3O4/c1-2-40-28(38)23-4-3-5-26(18-23)35-29(39)37-16-14-36(15-17-37)19-27(22-8-12-25(31)13-9-22)41-20-21-6-10-24(11-7-21)30(32,33)34/h3-13,18,27H,2,14-17,19-20H2,1H3,(H,35,39). The molecule has 0 spiro atoms. The maximum Gasteiger partial charge on any atom is 0.416 e. The minimum absolute atomic E-state index is 0.138. The molecule has 2 amide bonds. The number of piperazine rings is 1. The Labute approximate surface area is 241 Å². The van der Waals surface area contributed by atoms with E-state index in [2.05, 4.69) is 10.2 Å². The van der Waals surface area contributed by atoms with Crippen LogP contribution in [0.1, 0.15) is 40.1 Å². The molecule has 11 heteroatoms. The number of halogens is 4. The van der Waals surface area contributed by atoms with Crippen molar-refractivity contribution in [3.63, 3.8) is 0 Å². The van der Waals surface area contributed by atoms with Crippen LogP contribution in [0.15, 0.2) is 72.8 Å². The van der Waals surface area contributed by atoms with Gasteiger partial charge in [-0.3, -0.25) is 4.90 Å². The molecule has 0 bridgehead atoms. The lowest BCUT2D eigenvalue weighted by Gasteiger charge is -2.36. The summed E-state index contributed by atoms with van der Waals surface area (Å²) in [7, 11) is 0. The average Bonchev–Trinajstić information content (AvgIpc) is 2.96. The van der Waals surface area contributed by atoms with Crippen molar-refractivity contribution < 1.29 is 32.2 Å². The van der Waals surface area contributed by atoms with E-state index in [1.54, 1.807) is 48.2 Å². The van der Waals surface area contributed by atoms with Gasteiger partial charge in [0.2, 0.25) is 0 Å². The molecule has 41 heavy (non-hydrogen) atoms. The third-order valence-electron chi connectivity index (χ3n) is 6.68. The lowest BCUT2D eigenvalue weighted by molar-refractivity contribution is -0.137. The molecule has 1 atom stereocenters. The van der Waals surface area contributed by atoms with Gasteiger partial charge in [0.25, 0.3) is 0 Å². The number of hydrogen-bond donors (Lipinski definition) is 1. The maximum atomic E-state index is 12.9. The predicted octanol–water partition coefficient (Wildman–Crippen LogP) is 6.64. The molecule has 0 aromatic heterocycles. The molecule has 0 saturated carbocycles. The topological polar surface area (TPSA) is 71.1 Å². The minimum Gasteiger partial charge on any atom is -0.462 e. The zero-order valence-corrected chi connectivity index (χ0v) is 23.3. The molecule has 1 aliphatic heterocycles. The van der Waals surface area contributed by atoms with Crippen molar-refractivity contribution in [3.8, 4) is 0 Å². The highest BCUT2D eigenvalue weighted by Gasteiger charge is 2.30. The summed E-state index contributed by atoms with van der Waals surface area (Å²) < 4.78 is 49.9. The summed E-state index contributed by atoms with van der Waals surface area (Å²) in [5.74, 6) is -0.451. The molecule has 0 aliphatic carbocycles. The van der Waals surface area contributed by atoms with Crippen molar-refractivity contribution in [2.24, 2.45) is 0 Å². The lowest BCUT2D eigenvalue weighted by atomic mass is 10.1. The summed E-state index contributed by atoms with van der Waals surface area (Å²) in [6, 6.07) is 18.5. The fourth-order valence-corrected chi connectivity index (χ4v) is 4.55. The normalized spacial score (nSPS) is 14.9. The third-order valence-corrected chi connectivity index (χ3v) is 6.93. The molecule has 1 unspecified atom stereocenters. The molecule has 0 radical (unpaired) electrons. The number of carbonyl (C=O) groups is 2. The second kappa shape index (κ2) is 13.8. The molecule has 1 saturated heterocycles. The van der Waals surface area contributed by atoms with E-state index < -0.39 is 17.7 Å². The van der Waals surface area contributed by atoms with Crippen LogP contribution in [-0.4, -0.2) is 61.1 Å². The van der Waals surface area contributed by atoms with Gasteiger partial charge in [-0.2, -0.15) is 13.2 Å². The van der Waals surface area contributed by atoms with Gasteiger partial charge in [-0.15, -0.1) is 0 Å². The van der Waals surface area contributed by atoms with Gasteiger partial charge in [-0.1, -0.05) is 41.9 Å². The van der Waals surface area contributed by atoms with Crippen LogP contribution in [0.25, 0.3) is 0 Å². The third kappa shape index (κ3) is 8.69. The van der Waals surface area contributed by atoms with Crippen molar-refractivity contribution in [2.45, 2.75) is 25.8 Å². The first-order valence-electron chi connectivity index (χ1n) is 13.2. The number of carbonyl (C=O) groups excluding carboxylic acids is 2. The molecule has 4 rings (SSSR count). The van der Waals surface area contributed by atoms with Crippen LogP contribution >= 0.6 is 11.6 Å². The summed E-state index contributed by atoms with van der Waals surface area (Å²) in [4.78, 5) is 28.8. The first kappa shape index (κ1) is 30.4. The maximum absolute atomic E-state index is 12.9. The number of anilines is 1. The van der Waals surface area contributed by atoms with Gasteiger partial charge in [0.15, 0.2) is 0 Å². The molecular weight excluding hydrogens is 559 g/mol. The molecule has 1 fully saturated rings. The zero-order valence-electron chi connectivity index (χ0n) is 22.5. The highest BCUT2D eigenvalue weighted by atomic mass is 35.5. The van der Waals surface area contributed by atoms with Gasteiger partial charge >= 0.3 is 18.2 Å². The number of nitrogens with one attached hydrogen (secondary N) is 1. The van der Waals surface area contributed by atoms with E-state index in [1.165, 1.54) is 12.1 Å². The summed E-state index contributed by atoms with van der Waals surface area (Å²) in [5.41, 5.74) is 1.68. The van der Waals surface area contributed by atoms with Gasteiger partial charge in [-0.25, -0.2) is 9.59 Å². The number of urea groups is 1. The quantitative estimate of drug-likeness (QED) is 0.283. The Morgan fingerprint density at radius 3 is 2.29 bits per heavy atom. The highest BCUT2D eigenvalue weighted by Crippen LogP contribution is 2.30. The number of amides is 2. The lowest BCUT2D eigenvalue weighted by Crippen LogP contribution is -2.50. The highest BCUT2D eigenvalue weighted by molar-refractivity contribution is 6.30. The summed E-state index contributed by atoms with van der Waals surface area (Å²) in [6.45, 7) is 4.82. The Morgan fingerprint density at radius 1 is 0.976 bits per heavy atom. The summed E-state index contributed by atoms with van der Waals surface area (Å²) in [5, 5.41) is 3.43. The predicted molar refractivity (Wildman–Crippen MR) is 150 cm³/mol. The Balaban J connectivity index is 1.34. The van der Waals surface area contributed by atoms with E-state index in [4.69, 9.17) is 21.1 Å².